The van der Waals surface area contributed by atoms with E-state index in [9.17, 15) is 0 Å². The van der Waals surface area contributed by atoms with Gasteiger partial charge in [0.05, 0.1) is 0 Å². The molecule has 1 unspecified atom stereocenters. The highest BCUT2D eigenvalue weighted by Gasteiger charge is 2.23. The zero-order valence-corrected chi connectivity index (χ0v) is 17.1. The first-order valence-corrected chi connectivity index (χ1v) is 10.2. The summed E-state index contributed by atoms with van der Waals surface area (Å²) in [5, 5.41) is 16.8. The van der Waals surface area contributed by atoms with E-state index < -0.39 is 0 Å². The van der Waals surface area contributed by atoms with E-state index in [0.29, 0.717) is 5.95 Å². The number of anilines is 1. The largest absolute Gasteiger partial charge is 0.350 e. The molecule has 0 radical (unpaired) electrons. The molecule has 7 nitrogen and oxygen atoms in total. The van der Waals surface area contributed by atoms with Crippen molar-refractivity contribution in [3.05, 3.63) is 59.3 Å². The molecule has 4 aromatic rings. The van der Waals surface area contributed by atoms with Gasteiger partial charge in [0.25, 0.3) is 0 Å². The molecule has 0 saturated heterocycles. The molecule has 1 atom stereocenters. The van der Waals surface area contributed by atoms with E-state index in [1.807, 2.05) is 16.8 Å². The number of aromatic nitrogens is 6. The van der Waals surface area contributed by atoms with Gasteiger partial charge in [0.15, 0.2) is 5.65 Å². The lowest BCUT2D eigenvalue weighted by atomic mass is 10.00. The van der Waals surface area contributed by atoms with Crippen molar-refractivity contribution < 1.29 is 0 Å². The summed E-state index contributed by atoms with van der Waals surface area (Å²) in [5.74, 6) is 2.78. The summed E-state index contributed by atoms with van der Waals surface area (Å²) in [5.41, 5.74) is 5.67. The second kappa shape index (κ2) is 6.99. The van der Waals surface area contributed by atoms with Crippen molar-refractivity contribution in [3.63, 3.8) is 0 Å². The van der Waals surface area contributed by atoms with Crippen LogP contribution in [0.1, 0.15) is 36.1 Å². The topological polar surface area (TPSA) is 72.9 Å². The van der Waals surface area contributed by atoms with Gasteiger partial charge in [-0.25, -0.2) is 4.52 Å². The SMILES string of the molecule is CCc1nnc2n1CCC(Nc1nc3c(-c4ccc(C)cc4C)cccn3n1)C2. The van der Waals surface area contributed by atoms with E-state index in [-0.39, 0.29) is 6.04 Å². The standard InChI is InChI=1S/C22H25N7/c1-4-19-25-26-20-13-16(9-11-28(19)20)23-22-24-21-18(6-5-10-29(21)27-22)17-8-7-14(2)12-15(17)3/h5-8,10,12,16H,4,9,11,13H2,1-3H3,(H,23,27). The van der Waals surface area contributed by atoms with Crippen LogP contribution < -0.4 is 5.32 Å². The van der Waals surface area contributed by atoms with Crippen molar-refractivity contribution in [1.29, 1.82) is 0 Å². The number of benzene rings is 1. The fourth-order valence-electron chi connectivity index (χ4n) is 4.25. The van der Waals surface area contributed by atoms with Crippen LogP contribution in [0, 0.1) is 13.8 Å². The van der Waals surface area contributed by atoms with E-state index in [2.05, 4.69) is 70.2 Å². The van der Waals surface area contributed by atoms with E-state index in [1.165, 1.54) is 16.7 Å². The van der Waals surface area contributed by atoms with Crippen molar-refractivity contribution in [2.24, 2.45) is 0 Å². The van der Waals surface area contributed by atoms with E-state index >= 15 is 0 Å². The number of fused-ring (bicyclic) bond motifs is 2. The van der Waals surface area contributed by atoms with Crippen LogP contribution in [-0.2, 0) is 19.4 Å². The second-order valence-corrected chi connectivity index (χ2v) is 7.82. The smallest absolute Gasteiger partial charge is 0.243 e. The third kappa shape index (κ3) is 3.16. The third-order valence-corrected chi connectivity index (χ3v) is 5.72. The van der Waals surface area contributed by atoms with Gasteiger partial charge < -0.3 is 9.88 Å². The molecule has 148 valence electrons. The molecule has 0 amide bonds. The van der Waals surface area contributed by atoms with Crippen molar-refractivity contribution in [2.75, 3.05) is 5.32 Å². The number of nitrogens with zero attached hydrogens (tertiary/aromatic N) is 6. The van der Waals surface area contributed by atoms with Gasteiger partial charge in [-0.3, -0.25) is 0 Å². The molecule has 1 aliphatic rings. The van der Waals surface area contributed by atoms with Gasteiger partial charge in [-0.1, -0.05) is 30.7 Å². The van der Waals surface area contributed by atoms with Gasteiger partial charge in [0.1, 0.15) is 11.6 Å². The molecule has 3 aromatic heterocycles. The summed E-state index contributed by atoms with van der Waals surface area (Å²) >= 11 is 0. The van der Waals surface area contributed by atoms with Gasteiger partial charge >= 0.3 is 0 Å². The Kier molecular flexibility index (Phi) is 4.30. The van der Waals surface area contributed by atoms with Gasteiger partial charge in [-0.15, -0.1) is 15.3 Å². The first-order chi connectivity index (χ1) is 14.1. The lowest BCUT2D eigenvalue weighted by Gasteiger charge is -2.23. The number of hydrogen-bond donors (Lipinski definition) is 1. The molecule has 1 aromatic carbocycles. The minimum Gasteiger partial charge on any atom is -0.350 e. The number of nitrogens with one attached hydrogen (secondary N) is 1. The molecular weight excluding hydrogens is 362 g/mol. The second-order valence-electron chi connectivity index (χ2n) is 7.82. The molecule has 0 aliphatic carbocycles. The lowest BCUT2D eigenvalue weighted by Crippen LogP contribution is -2.31. The molecular formula is C22H25N7. The molecule has 1 N–H and O–H groups in total. The molecule has 0 fully saturated rings. The third-order valence-electron chi connectivity index (χ3n) is 5.72. The Morgan fingerprint density at radius 1 is 1.14 bits per heavy atom. The van der Waals surface area contributed by atoms with Crippen LogP contribution in [0.25, 0.3) is 16.8 Å². The number of aryl methyl sites for hydroxylation is 3. The zero-order chi connectivity index (χ0) is 20.0. The van der Waals surface area contributed by atoms with Gasteiger partial charge in [0, 0.05) is 37.2 Å². The number of rotatable bonds is 4. The first-order valence-electron chi connectivity index (χ1n) is 10.2. The minimum atomic E-state index is 0.262. The molecule has 5 rings (SSSR count). The molecule has 4 heterocycles. The zero-order valence-electron chi connectivity index (χ0n) is 17.1. The number of hydrogen-bond acceptors (Lipinski definition) is 5. The average molecular weight is 387 g/mol. The molecule has 0 saturated carbocycles. The highest BCUT2D eigenvalue weighted by atomic mass is 15.4. The summed E-state index contributed by atoms with van der Waals surface area (Å²) in [6.07, 6.45) is 4.72. The quantitative estimate of drug-likeness (QED) is 0.579. The van der Waals surface area contributed by atoms with Crippen LogP contribution in [-0.4, -0.2) is 35.4 Å². The monoisotopic (exact) mass is 387 g/mol. The Balaban J connectivity index is 1.44. The van der Waals surface area contributed by atoms with Crippen molar-refractivity contribution in [3.8, 4) is 11.1 Å². The van der Waals surface area contributed by atoms with Crippen molar-refractivity contribution in [2.45, 2.75) is 52.6 Å². The van der Waals surface area contributed by atoms with E-state index in [4.69, 9.17) is 4.98 Å². The maximum absolute atomic E-state index is 4.82. The highest BCUT2D eigenvalue weighted by molar-refractivity contribution is 5.80. The Hall–Kier alpha value is -3.22. The molecule has 0 bridgehead atoms. The predicted octanol–water partition coefficient (Wildman–Crippen LogP) is 3.59. The van der Waals surface area contributed by atoms with E-state index in [1.54, 1.807) is 0 Å². The van der Waals surface area contributed by atoms with Crippen LogP contribution in [0.5, 0.6) is 0 Å². The highest BCUT2D eigenvalue weighted by Crippen LogP contribution is 2.28. The van der Waals surface area contributed by atoms with E-state index in [0.717, 1.165) is 48.7 Å². The first kappa shape index (κ1) is 17.8. The molecule has 29 heavy (non-hydrogen) atoms. The Morgan fingerprint density at radius 2 is 2.03 bits per heavy atom. The summed E-state index contributed by atoms with van der Waals surface area (Å²) in [4.78, 5) is 4.82. The minimum absolute atomic E-state index is 0.262. The Morgan fingerprint density at radius 3 is 2.86 bits per heavy atom. The lowest BCUT2D eigenvalue weighted by molar-refractivity contribution is 0.472. The Bertz CT molecular complexity index is 1190. The van der Waals surface area contributed by atoms with Gasteiger partial charge in [-0.05, 0) is 43.5 Å². The molecule has 0 spiro atoms. The normalized spacial score (nSPS) is 16.2. The summed E-state index contributed by atoms with van der Waals surface area (Å²) in [7, 11) is 0. The maximum atomic E-state index is 4.82. The predicted molar refractivity (Wildman–Crippen MR) is 113 cm³/mol. The molecule has 1 aliphatic heterocycles. The fraction of sp³-hybridized carbons (Fsp3) is 0.364. The van der Waals surface area contributed by atoms with Crippen molar-refractivity contribution in [1.82, 2.24) is 29.4 Å². The summed E-state index contributed by atoms with van der Waals surface area (Å²) < 4.78 is 4.10. The van der Waals surface area contributed by atoms with Crippen LogP contribution in [0.4, 0.5) is 5.95 Å². The Labute approximate surface area is 169 Å². The fourth-order valence-corrected chi connectivity index (χ4v) is 4.25. The van der Waals surface area contributed by atoms with Crippen molar-refractivity contribution >= 4 is 11.6 Å². The number of pyridine rings is 1. The summed E-state index contributed by atoms with van der Waals surface area (Å²) in [6, 6.07) is 10.9. The van der Waals surface area contributed by atoms with Gasteiger partial charge in [-0.2, -0.15) is 4.98 Å². The maximum Gasteiger partial charge on any atom is 0.243 e. The summed E-state index contributed by atoms with van der Waals surface area (Å²) in [6.45, 7) is 7.31. The van der Waals surface area contributed by atoms with Gasteiger partial charge in [0.2, 0.25) is 5.95 Å². The van der Waals surface area contributed by atoms with Crippen LogP contribution in [0.3, 0.4) is 0 Å². The van der Waals surface area contributed by atoms with Crippen LogP contribution >= 0.6 is 0 Å². The molecule has 7 heteroatoms. The van der Waals surface area contributed by atoms with Crippen LogP contribution in [0.15, 0.2) is 36.5 Å². The average Bonchev–Trinajstić information content (AvgIpc) is 3.31. The van der Waals surface area contributed by atoms with Crippen LogP contribution in [0.2, 0.25) is 0 Å².